The van der Waals surface area contributed by atoms with Gasteiger partial charge in [0.15, 0.2) is 11.5 Å². The lowest BCUT2D eigenvalue weighted by Crippen LogP contribution is -2.28. The van der Waals surface area contributed by atoms with Crippen LogP contribution in [-0.4, -0.2) is 35.4 Å². The summed E-state index contributed by atoms with van der Waals surface area (Å²) in [6.45, 7) is 4.88. The van der Waals surface area contributed by atoms with Gasteiger partial charge in [0.25, 0.3) is 11.1 Å². The zero-order chi connectivity index (χ0) is 24.9. The molecule has 2 heterocycles. The van der Waals surface area contributed by atoms with Gasteiger partial charge in [0.1, 0.15) is 11.4 Å². The predicted octanol–water partition coefficient (Wildman–Crippen LogP) is 3.09. The lowest BCUT2D eigenvalue weighted by Gasteiger charge is -2.12. The van der Waals surface area contributed by atoms with Crippen molar-refractivity contribution in [1.82, 2.24) is 14.6 Å². The maximum atomic E-state index is 13.0. The molecule has 0 aliphatic rings. The second kappa shape index (κ2) is 10.7. The minimum atomic E-state index is -0.446. The maximum Gasteiger partial charge on any atom is 0.296 e. The average molecular weight is 494 g/mol. The molecule has 0 bridgehead atoms. The molecule has 0 saturated carbocycles. The third-order valence-electron chi connectivity index (χ3n) is 5.42. The van der Waals surface area contributed by atoms with Gasteiger partial charge in [-0.25, -0.2) is 0 Å². The van der Waals surface area contributed by atoms with Crippen molar-refractivity contribution in [3.8, 4) is 17.2 Å². The van der Waals surface area contributed by atoms with Gasteiger partial charge in [0, 0.05) is 6.42 Å². The van der Waals surface area contributed by atoms with Crippen LogP contribution >= 0.6 is 11.3 Å². The third-order valence-corrected chi connectivity index (χ3v) is 6.38. The number of ether oxygens (including phenoxy) is 3. The molecule has 0 saturated heterocycles. The van der Waals surface area contributed by atoms with Crippen molar-refractivity contribution in [2.75, 3.05) is 20.8 Å². The number of fused-ring (bicyclic) bond motifs is 1. The first kappa shape index (κ1) is 24.4. The highest BCUT2D eigenvalue weighted by Crippen LogP contribution is 2.28. The molecule has 35 heavy (non-hydrogen) atoms. The van der Waals surface area contributed by atoms with E-state index in [-0.39, 0.29) is 22.6 Å². The normalized spacial score (nSPS) is 11.9. The summed E-state index contributed by atoms with van der Waals surface area (Å²) in [5, 5.41) is 4.31. The first-order chi connectivity index (χ1) is 16.9. The Morgan fingerprint density at radius 3 is 2.49 bits per heavy atom. The highest BCUT2D eigenvalue weighted by atomic mass is 32.1. The van der Waals surface area contributed by atoms with E-state index < -0.39 is 5.56 Å². The fourth-order valence-electron chi connectivity index (χ4n) is 3.44. The van der Waals surface area contributed by atoms with Gasteiger partial charge in [-0.15, -0.1) is 0 Å². The van der Waals surface area contributed by atoms with Gasteiger partial charge in [-0.3, -0.25) is 9.59 Å². The summed E-state index contributed by atoms with van der Waals surface area (Å²) < 4.78 is 18.1. The Bertz CT molecular complexity index is 1490. The second-order valence-electron chi connectivity index (χ2n) is 8.44. The number of thiazole rings is 1. The Morgan fingerprint density at radius 1 is 1.03 bits per heavy atom. The van der Waals surface area contributed by atoms with Crippen LogP contribution in [0.25, 0.3) is 11.0 Å². The molecule has 4 aromatic rings. The van der Waals surface area contributed by atoms with Gasteiger partial charge in [-0.05, 0) is 53.8 Å². The molecule has 0 radical (unpaired) electrons. The van der Waals surface area contributed by atoms with E-state index in [0.717, 1.165) is 34.6 Å². The number of benzene rings is 2. The van der Waals surface area contributed by atoms with Crippen LogP contribution < -0.4 is 29.9 Å². The summed E-state index contributed by atoms with van der Waals surface area (Å²) in [6, 6.07) is 12.8. The summed E-state index contributed by atoms with van der Waals surface area (Å²) in [4.78, 5) is 29.9. The molecule has 0 aliphatic carbocycles. The largest absolute Gasteiger partial charge is 0.497 e. The molecular weight excluding hydrogens is 466 g/mol. The smallest absolute Gasteiger partial charge is 0.296 e. The lowest BCUT2D eigenvalue weighted by atomic mass is 10.1. The van der Waals surface area contributed by atoms with E-state index >= 15 is 0 Å². The van der Waals surface area contributed by atoms with Crippen molar-refractivity contribution < 1.29 is 14.2 Å². The maximum absolute atomic E-state index is 13.0. The zero-order valence-corrected chi connectivity index (χ0v) is 20.9. The van der Waals surface area contributed by atoms with Crippen LogP contribution in [0.15, 0.2) is 52.1 Å². The van der Waals surface area contributed by atoms with E-state index in [4.69, 9.17) is 14.2 Å². The summed E-state index contributed by atoms with van der Waals surface area (Å²) in [6.07, 6.45) is 2.94. The van der Waals surface area contributed by atoms with Crippen molar-refractivity contribution in [2.24, 2.45) is 5.92 Å². The molecule has 0 amide bonds. The molecule has 0 atom stereocenters. The minimum absolute atomic E-state index is 0.207. The summed E-state index contributed by atoms with van der Waals surface area (Å²) >= 11 is 1.12. The Labute approximate surface area is 206 Å². The first-order valence-electron chi connectivity index (χ1n) is 11.3. The van der Waals surface area contributed by atoms with Gasteiger partial charge >= 0.3 is 0 Å². The van der Waals surface area contributed by atoms with Crippen LogP contribution in [-0.2, 0) is 6.42 Å². The van der Waals surface area contributed by atoms with Crippen LogP contribution in [0.1, 0.15) is 37.1 Å². The number of hydrogen-bond donors (Lipinski definition) is 0. The topological polar surface area (TPSA) is 92.0 Å². The molecule has 9 heteroatoms. The molecule has 2 aromatic carbocycles. The van der Waals surface area contributed by atoms with E-state index in [0.29, 0.717) is 28.6 Å². The van der Waals surface area contributed by atoms with Crippen molar-refractivity contribution in [3.63, 3.8) is 0 Å². The van der Waals surface area contributed by atoms with Crippen LogP contribution in [0, 0.1) is 5.92 Å². The van der Waals surface area contributed by atoms with Crippen molar-refractivity contribution >= 4 is 22.4 Å². The van der Waals surface area contributed by atoms with Crippen molar-refractivity contribution in [3.05, 3.63) is 84.5 Å². The quantitative estimate of drug-likeness (QED) is 0.354. The Hall–Kier alpha value is -3.72. The number of rotatable bonds is 9. The number of hydrogen-bond acceptors (Lipinski definition) is 8. The Balaban J connectivity index is 1.64. The molecule has 4 rings (SSSR count). The molecular formula is C26H27N3O5S. The van der Waals surface area contributed by atoms with Gasteiger partial charge in [-0.1, -0.05) is 43.4 Å². The Morgan fingerprint density at radius 2 is 1.80 bits per heavy atom. The highest BCUT2D eigenvalue weighted by molar-refractivity contribution is 7.15. The van der Waals surface area contributed by atoms with Crippen molar-refractivity contribution in [1.29, 1.82) is 0 Å². The van der Waals surface area contributed by atoms with Crippen LogP contribution in [0.2, 0.25) is 0 Å². The van der Waals surface area contributed by atoms with Gasteiger partial charge in [0.2, 0.25) is 4.96 Å². The molecule has 0 fully saturated rings. The predicted molar refractivity (Wildman–Crippen MR) is 136 cm³/mol. The fraction of sp³-hybridized carbons (Fsp3) is 0.308. The summed E-state index contributed by atoms with van der Waals surface area (Å²) in [5.74, 6) is 2.51. The van der Waals surface area contributed by atoms with E-state index in [2.05, 4.69) is 23.9 Å². The number of methoxy groups -OCH3 is 2. The number of aromatic nitrogens is 3. The fourth-order valence-corrected chi connectivity index (χ4v) is 4.34. The lowest BCUT2D eigenvalue weighted by molar-refractivity contribution is 0.273. The Kier molecular flexibility index (Phi) is 7.45. The minimum Gasteiger partial charge on any atom is -0.497 e. The molecule has 0 N–H and O–H groups in total. The molecule has 2 aromatic heterocycles. The van der Waals surface area contributed by atoms with E-state index in [1.54, 1.807) is 20.3 Å². The highest BCUT2D eigenvalue weighted by Gasteiger charge is 2.12. The number of nitrogens with zero attached hydrogens (tertiary/aromatic N) is 3. The van der Waals surface area contributed by atoms with Gasteiger partial charge < -0.3 is 14.2 Å². The second-order valence-corrected chi connectivity index (χ2v) is 9.45. The SMILES string of the molecule is COc1ccc(Cc2nn3c(=O)/c(=C\c4ccc(OCCC(C)C)c(OC)c4)sc3nc2=O)cc1. The third kappa shape index (κ3) is 5.68. The van der Waals surface area contributed by atoms with Crippen LogP contribution in [0.5, 0.6) is 17.2 Å². The summed E-state index contributed by atoms with van der Waals surface area (Å²) in [7, 11) is 3.17. The summed E-state index contributed by atoms with van der Waals surface area (Å²) in [5.41, 5.74) is 1.07. The molecule has 8 nitrogen and oxygen atoms in total. The first-order valence-corrected chi connectivity index (χ1v) is 12.1. The monoisotopic (exact) mass is 493 g/mol. The van der Waals surface area contributed by atoms with Crippen molar-refractivity contribution in [2.45, 2.75) is 26.7 Å². The average Bonchev–Trinajstić information content (AvgIpc) is 3.14. The molecule has 182 valence electrons. The van der Waals surface area contributed by atoms with Gasteiger partial charge in [-0.2, -0.15) is 14.6 Å². The standard InChI is InChI=1S/C26H27N3O5S/c1-16(2)11-12-34-21-10-7-18(14-22(21)33-4)15-23-25(31)29-26(35-23)27-24(30)20(28-29)13-17-5-8-19(32-3)9-6-17/h5-10,14-16H,11-13H2,1-4H3/b23-15+. The van der Waals surface area contributed by atoms with Crippen LogP contribution in [0.4, 0.5) is 0 Å². The van der Waals surface area contributed by atoms with E-state index in [1.807, 2.05) is 42.5 Å². The molecule has 0 spiro atoms. The van der Waals surface area contributed by atoms with Gasteiger partial charge in [0.05, 0.1) is 25.4 Å². The van der Waals surface area contributed by atoms with E-state index in [9.17, 15) is 9.59 Å². The molecule has 0 aliphatic heterocycles. The molecule has 0 unspecified atom stereocenters. The zero-order valence-electron chi connectivity index (χ0n) is 20.1. The van der Waals surface area contributed by atoms with Crippen LogP contribution in [0.3, 0.4) is 0 Å². The van der Waals surface area contributed by atoms with E-state index in [1.165, 1.54) is 4.52 Å².